The van der Waals surface area contributed by atoms with Crippen molar-refractivity contribution in [2.45, 2.75) is 51.0 Å². The van der Waals surface area contributed by atoms with Gasteiger partial charge < -0.3 is 15.2 Å². The summed E-state index contributed by atoms with van der Waals surface area (Å²) in [4.78, 5) is 35.4. The van der Waals surface area contributed by atoms with E-state index in [9.17, 15) is 24.8 Å². The minimum atomic E-state index is -0.772. The van der Waals surface area contributed by atoms with E-state index in [0.29, 0.717) is 29.5 Å². The number of benzene rings is 1. The number of rotatable bonds is 5. The van der Waals surface area contributed by atoms with Crippen LogP contribution >= 0.6 is 0 Å². The van der Waals surface area contributed by atoms with Crippen molar-refractivity contribution < 1.29 is 24.4 Å². The van der Waals surface area contributed by atoms with Crippen LogP contribution in [0.4, 0.5) is 11.4 Å². The SMILES string of the molecule is Cc1ccc([N+](=O)[O-])cc1NC(=O)COC(=O)C12C[C@@H]3C[C@@H](CC(O)(C3)C1)C2. The summed E-state index contributed by atoms with van der Waals surface area (Å²) in [5.41, 5.74) is -0.584. The molecule has 0 aromatic heterocycles. The summed E-state index contributed by atoms with van der Waals surface area (Å²) in [5, 5.41) is 24.2. The maximum Gasteiger partial charge on any atom is 0.312 e. The van der Waals surface area contributed by atoms with Gasteiger partial charge in [-0.3, -0.25) is 19.7 Å². The Balaban J connectivity index is 1.38. The van der Waals surface area contributed by atoms with E-state index in [4.69, 9.17) is 4.74 Å². The lowest BCUT2D eigenvalue weighted by Gasteiger charge is -2.58. The molecule has 4 fully saturated rings. The van der Waals surface area contributed by atoms with Crippen LogP contribution in [0.2, 0.25) is 0 Å². The number of nitrogens with one attached hydrogen (secondary N) is 1. The van der Waals surface area contributed by atoms with E-state index >= 15 is 0 Å². The van der Waals surface area contributed by atoms with Crippen molar-refractivity contribution >= 4 is 23.3 Å². The third kappa shape index (κ3) is 3.37. The molecule has 0 spiro atoms. The van der Waals surface area contributed by atoms with Gasteiger partial charge in [-0.2, -0.15) is 0 Å². The Morgan fingerprint density at radius 3 is 2.57 bits per heavy atom. The van der Waals surface area contributed by atoms with Crippen LogP contribution in [0, 0.1) is 34.3 Å². The Morgan fingerprint density at radius 1 is 1.29 bits per heavy atom. The number of amides is 1. The molecule has 4 saturated carbocycles. The monoisotopic (exact) mass is 388 g/mol. The molecule has 8 nitrogen and oxygen atoms in total. The summed E-state index contributed by atoms with van der Waals surface area (Å²) in [7, 11) is 0. The maximum atomic E-state index is 12.8. The van der Waals surface area contributed by atoms with Crippen molar-refractivity contribution in [2.75, 3.05) is 11.9 Å². The molecule has 1 aromatic carbocycles. The highest BCUT2D eigenvalue weighted by Crippen LogP contribution is 2.61. The average Bonchev–Trinajstić information content (AvgIpc) is 2.59. The molecule has 1 aromatic rings. The number of hydrogen-bond acceptors (Lipinski definition) is 6. The van der Waals surface area contributed by atoms with Crippen molar-refractivity contribution in [3.63, 3.8) is 0 Å². The fourth-order valence-electron chi connectivity index (χ4n) is 5.78. The standard InChI is InChI=1S/C20H24N2O6/c1-12-2-3-15(22(26)27)5-16(12)21-17(23)10-28-18(24)19-6-13-4-14(7-19)9-20(25,8-13)11-19/h2-3,5,13-14,25H,4,6-11H2,1H3,(H,21,23)/t13-,14+,19?,20?. The van der Waals surface area contributed by atoms with Gasteiger partial charge in [0.15, 0.2) is 6.61 Å². The second-order valence-electron chi connectivity index (χ2n) is 8.85. The molecular weight excluding hydrogens is 364 g/mol. The molecule has 0 radical (unpaired) electrons. The molecule has 2 unspecified atom stereocenters. The van der Waals surface area contributed by atoms with E-state index in [1.165, 1.54) is 12.1 Å². The van der Waals surface area contributed by atoms with Gasteiger partial charge >= 0.3 is 5.97 Å². The molecule has 5 rings (SSSR count). The first-order chi connectivity index (χ1) is 13.2. The fraction of sp³-hybridized carbons (Fsp3) is 0.600. The number of carbonyl (C=O) groups excluding carboxylic acids is 2. The second-order valence-corrected chi connectivity index (χ2v) is 8.85. The summed E-state index contributed by atoms with van der Waals surface area (Å²) >= 11 is 0. The van der Waals surface area contributed by atoms with Crippen LogP contribution in [0.1, 0.15) is 44.1 Å². The molecule has 8 heteroatoms. The zero-order chi connectivity index (χ0) is 20.1. The van der Waals surface area contributed by atoms with Gasteiger partial charge in [-0.05, 0) is 62.8 Å². The predicted octanol–water partition coefficient (Wildman–Crippen LogP) is 2.72. The normalized spacial score (nSPS) is 32.8. The van der Waals surface area contributed by atoms with Crippen molar-refractivity contribution in [2.24, 2.45) is 17.3 Å². The van der Waals surface area contributed by atoms with Gasteiger partial charge in [0, 0.05) is 12.1 Å². The number of nitrogens with zero attached hydrogens (tertiary/aromatic N) is 1. The third-order valence-corrected chi connectivity index (χ3v) is 6.50. The van der Waals surface area contributed by atoms with Crippen molar-refractivity contribution in [3.05, 3.63) is 33.9 Å². The van der Waals surface area contributed by atoms with Gasteiger partial charge in [0.1, 0.15) is 0 Å². The first kappa shape index (κ1) is 18.9. The molecule has 4 aliphatic rings. The predicted molar refractivity (Wildman–Crippen MR) is 99.5 cm³/mol. The zero-order valence-electron chi connectivity index (χ0n) is 15.8. The number of aryl methyl sites for hydroxylation is 1. The fourth-order valence-corrected chi connectivity index (χ4v) is 5.78. The van der Waals surface area contributed by atoms with Crippen LogP contribution in [-0.2, 0) is 14.3 Å². The first-order valence-electron chi connectivity index (χ1n) is 9.63. The molecule has 0 saturated heterocycles. The molecule has 150 valence electrons. The highest BCUT2D eigenvalue weighted by molar-refractivity contribution is 5.94. The zero-order valence-corrected chi connectivity index (χ0v) is 15.8. The molecule has 4 aliphatic carbocycles. The minimum absolute atomic E-state index is 0.125. The summed E-state index contributed by atoms with van der Waals surface area (Å²) < 4.78 is 5.33. The van der Waals surface area contributed by atoms with Crippen LogP contribution in [0.3, 0.4) is 0 Å². The maximum absolute atomic E-state index is 12.8. The minimum Gasteiger partial charge on any atom is -0.455 e. The average molecular weight is 388 g/mol. The van der Waals surface area contributed by atoms with Gasteiger partial charge in [-0.15, -0.1) is 0 Å². The molecule has 4 atom stereocenters. The summed E-state index contributed by atoms with van der Waals surface area (Å²) in [5.74, 6) is -0.258. The van der Waals surface area contributed by atoms with E-state index in [1.807, 2.05) is 0 Å². The second kappa shape index (κ2) is 6.55. The van der Waals surface area contributed by atoms with E-state index < -0.39 is 34.4 Å². The van der Waals surface area contributed by atoms with Gasteiger partial charge in [-0.1, -0.05) is 6.07 Å². The number of ether oxygens (including phenoxy) is 1. The number of anilines is 1. The van der Waals surface area contributed by atoms with Crippen LogP contribution < -0.4 is 5.32 Å². The number of hydrogen-bond donors (Lipinski definition) is 2. The van der Waals surface area contributed by atoms with Crippen molar-refractivity contribution in [1.82, 2.24) is 0 Å². The third-order valence-electron chi connectivity index (χ3n) is 6.50. The van der Waals surface area contributed by atoms with Gasteiger partial charge in [0.2, 0.25) is 0 Å². The molecule has 4 bridgehead atoms. The highest BCUT2D eigenvalue weighted by Gasteiger charge is 2.60. The molecule has 0 aliphatic heterocycles. The van der Waals surface area contributed by atoms with Crippen LogP contribution in [0.25, 0.3) is 0 Å². The lowest BCUT2D eigenvalue weighted by Crippen LogP contribution is -2.58. The topological polar surface area (TPSA) is 119 Å². The van der Waals surface area contributed by atoms with Crippen molar-refractivity contribution in [1.29, 1.82) is 0 Å². The number of nitro benzene ring substituents is 1. The van der Waals surface area contributed by atoms with Gasteiger partial charge in [-0.25, -0.2) is 0 Å². The number of esters is 1. The Kier molecular flexibility index (Phi) is 4.41. The highest BCUT2D eigenvalue weighted by atomic mass is 16.6. The Bertz CT molecular complexity index is 837. The molecule has 28 heavy (non-hydrogen) atoms. The number of nitro groups is 1. The van der Waals surface area contributed by atoms with Crippen LogP contribution in [0.5, 0.6) is 0 Å². The van der Waals surface area contributed by atoms with E-state index in [1.54, 1.807) is 13.0 Å². The van der Waals surface area contributed by atoms with E-state index in [-0.39, 0.29) is 5.69 Å². The molecule has 0 heterocycles. The Hall–Kier alpha value is -2.48. The van der Waals surface area contributed by atoms with Gasteiger partial charge in [0.25, 0.3) is 11.6 Å². The van der Waals surface area contributed by atoms with Crippen LogP contribution in [0.15, 0.2) is 18.2 Å². The Labute approximate surface area is 162 Å². The van der Waals surface area contributed by atoms with Gasteiger partial charge in [0.05, 0.1) is 21.6 Å². The summed E-state index contributed by atoms with van der Waals surface area (Å²) in [6.45, 7) is 1.28. The Morgan fingerprint density at radius 2 is 1.96 bits per heavy atom. The van der Waals surface area contributed by atoms with E-state index in [2.05, 4.69) is 5.32 Å². The number of non-ortho nitro benzene ring substituents is 1. The first-order valence-corrected chi connectivity index (χ1v) is 9.63. The summed E-state index contributed by atoms with van der Waals surface area (Å²) in [6, 6.07) is 4.20. The van der Waals surface area contributed by atoms with Crippen molar-refractivity contribution in [3.8, 4) is 0 Å². The number of aliphatic hydroxyl groups is 1. The largest absolute Gasteiger partial charge is 0.455 e. The van der Waals surface area contributed by atoms with Crippen LogP contribution in [-0.4, -0.2) is 34.1 Å². The molecular formula is C20H24N2O6. The number of carbonyl (C=O) groups is 2. The lowest BCUT2D eigenvalue weighted by molar-refractivity contribution is -0.384. The quantitative estimate of drug-likeness (QED) is 0.455. The summed E-state index contributed by atoms with van der Waals surface area (Å²) in [6.07, 6.45) is 4.42. The molecule has 1 amide bonds. The smallest absolute Gasteiger partial charge is 0.312 e. The lowest BCUT2D eigenvalue weighted by atomic mass is 9.48. The van der Waals surface area contributed by atoms with E-state index in [0.717, 1.165) is 32.1 Å². The molecule has 2 N–H and O–H groups in total.